The van der Waals surface area contributed by atoms with Crippen LogP contribution in [0.1, 0.15) is 20.3 Å². The van der Waals surface area contributed by atoms with Gasteiger partial charge in [0, 0.05) is 27.2 Å². The summed E-state index contributed by atoms with van der Waals surface area (Å²) in [6, 6.07) is 0. The van der Waals surface area contributed by atoms with Crippen LogP contribution in [-0.2, 0) is 4.74 Å². The van der Waals surface area contributed by atoms with Gasteiger partial charge in [-0.05, 0) is 13.3 Å². The fourth-order valence-electron chi connectivity index (χ4n) is 1.49. The molecule has 1 rings (SSSR count). The zero-order valence-corrected chi connectivity index (χ0v) is 12.2. The first kappa shape index (κ1) is 15.0. The van der Waals surface area contributed by atoms with Crippen molar-refractivity contribution in [1.29, 1.82) is 0 Å². The van der Waals surface area contributed by atoms with E-state index in [4.69, 9.17) is 16.3 Å². The number of aromatic nitrogens is 2. The Morgan fingerprint density at radius 1 is 1.56 bits per heavy atom. The standard InChI is InChI=1S/C12H21ClN4O/c1-5-6-14-12-15-7-10(13)11(16-12)17(3)8-9(2)18-4/h7,9H,5-6,8H2,1-4H3,(H,14,15,16). The molecule has 1 unspecified atom stereocenters. The van der Waals surface area contributed by atoms with E-state index in [9.17, 15) is 0 Å². The first-order valence-corrected chi connectivity index (χ1v) is 6.46. The van der Waals surface area contributed by atoms with Crippen molar-refractivity contribution >= 4 is 23.4 Å². The second-order valence-electron chi connectivity index (χ2n) is 4.22. The van der Waals surface area contributed by atoms with E-state index in [1.165, 1.54) is 0 Å². The van der Waals surface area contributed by atoms with Gasteiger partial charge in [0.15, 0.2) is 5.82 Å². The quantitative estimate of drug-likeness (QED) is 0.826. The van der Waals surface area contributed by atoms with Crippen LogP contribution >= 0.6 is 11.6 Å². The predicted molar refractivity (Wildman–Crippen MR) is 75.6 cm³/mol. The zero-order valence-electron chi connectivity index (χ0n) is 11.4. The molecule has 0 bridgehead atoms. The Kier molecular flexibility index (Phi) is 6.15. The van der Waals surface area contributed by atoms with Crippen molar-refractivity contribution in [3.63, 3.8) is 0 Å². The first-order valence-electron chi connectivity index (χ1n) is 6.08. The van der Waals surface area contributed by atoms with Crippen LogP contribution in [0.25, 0.3) is 0 Å². The molecule has 0 aromatic carbocycles. The minimum atomic E-state index is 0.119. The summed E-state index contributed by atoms with van der Waals surface area (Å²) in [5.74, 6) is 1.32. The summed E-state index contributed by atoms with van der Waals surface area (Å²) in [5.41, 5.74) is 0. The predicted octanol–water partition coefficient (Wildman–Crippen LogP) is 2.42. The SMILES string of the molecule is CCCNc1ncc(Cl)c(N(C)CC(C)OC)n1. The van der Waals surface area contributed by atoms with E-state index in [0.29, 0.717) is 16.8 Å². The largest absolute Gasteiger partial charge is 0.380 e. The van der Waals surface area contributed by atoms with E-state index in [1.54, 1.807) is 13.3 Å². The normalized spacial score (nSPS) is 12.3. The lowest BCUT2D eigenvalue weighted by Gasteiger charge is -2.22. The van der Waals surface area contributed by atoms with Crippen LogP contribution < -0.4 is 10.2 Å². The van der Waals surface area contributed by atoms with Crippen LogP contribution in [-0.4, -0.2) is 43.3 Å². The number of anilines is 2. The zero-order chi connectivity index (χ0) is 13.5. The van der Waals surface area contributed by atoms with Gasteiger partial charge in [0.25, 0.3) is 0 Å². The van der Waals surface area contributed by atoms with Crippen molar-refractivity contribution < 1.29 is 4.74 Å². The van der Waals surface area contributed by atoms with Gasteiger partial charge in [0.05, 0.1) is 12.3 Å². The molecule has 6 heteroatoms. The minimum absolute atomic E-state index is 0.119. The number of hydrogen-bond donors (Lipinski definition) is 1. The summed E-state index contributed by atoms with van der Waals surface area (Å²) in [6.07, 6.45) is 2.77. The van der Waals surface area contributed by atoms with Crippen molar-refractivity contribution in [2.75, 3.05) is 37.5 Å². The molecule has 0 amide bonds. The molecule has 1 aromatic rings. The second kappa shape index (κ2) is 7.38. The van der Waals surface area contributed by atoms with Crippen molar-refractivity contribution in [2.24, 2.45) is 0 Å². The molecule has 1 heterocycles. The van der Waals surface area contributed by atoms with Crippen molar-refractivity contribution in [1.82, 2.24) is 9.97 Å². The summed E-state index contributed by atoms with van der Waals surface area (Å²) in [5, 5.41) is 3.69. The maximum atomic E-state index is 6.12. The molecule has 102 valence electrons. The molecule has 1 N–H and O–H groups in total. The molecule has 0 saturated heterocycles. The minimum Gasteiger partial charge on any atom is -0.380 e. The van der Waals surface area contributed by atoms with Gasteiger partial charge in [-0.25, -0.2) is 4.98 Å². The third-order valence-electron chi connectivity index (χ3n) is 2.55. The monoisotopic (exact) mass is 272 g/mol. The lowest BCUT2D eigenvalue weighted by atomic mass is 10.3. The maximum Gasteiger partial charge on any atom is 0.224 e. The van der Waals surface area contributed by atoms with E-state index in [1.807, 2.05) is 18.9 Å². The molecule has 1 atom stereocenters. The average molecular weight is 273 g/mol. The van der Waals surface area contributed by atoms with Crippen LogP contribution in [0.2, 0.25) is 5.02 Å². The molecular weight excluding hydrogens is 252 g/mol. The highest BCUT2D eigenvalue weighted by Crippen LogP contribution is 2.22. The van der Waals surface area contributed by atoms with E-state index in [-0.39, 0.29) is 6.10 Å². The van der Waals surface area contributed by atoms with Gasteiger partial charge in [-0.15, -0.1) is 0 Å². The third kappa shape index (κ3) is 4.31. The number of nitrogens with zero attached hydrogens (tertiary/aromatic N) is 3. The molecular formula is C12H21ClN4O. The lowest BCUT2D eigenvalue weighted by molar-refractivity contribution is 0.124. The topological polar surface area (TPSA) is 50.3 Å². The van der Waals surface area contributed by atoms with E-state index >= 15 is 0 Å². The van der Waals surface area contributed by atoms with Gasteiger partial charge in [0.2, 0.25) is 5.95 Å². The molecule has 0 aliphatic rings. The maximum absolute atomic E-state index is 6.12. The Bertz CT molecular complexity index is 375. The Hall–Kier alpha value is -1.07. The Labute approximate surface area is 114 Å². The van der Waals surface area contributed by atoms with Gasteiger partial charge in [-0.3, -0.25) is 0 Å². The fourth-order valence-corrected chi connectivity index (χ4v) is 1.73. The molecule has 1 aromatic heterocycles. The third-order valence-corrected chi connectivity index (χ3v) is 2.82. The molecule has 0 spiro atoms. The number of ether oxygens (including phenoxy) is 1. The second-order valence-corrected chi connectivity index (χ2v) is 4.63. The van der Waals surface area contributed by atoms with Gasteiger partial charge in [-0.1, -0.05) is 18.5 Å². The van der Waals surface area contributed by atoms with Crippen LogP contribution in [0, 0.1) is 0 Å². The average Bonchev–Trinajstić information content (AvgIpc) is 2.37. The van der Waals surface area contributed by atoms with E-state index in [0.717, 1.165) is 19.5 Å². The van der Waals surface area contributed by atoms with Gasteiger partial charge < -0.3 is 15.0 Å². The van der Waals surface area contributed by atoms with Crippen molar-refractivity contribution in [2.45, 2.75) is 26.4 Å². The van der Waals surface area contributed by atoms with Gasteiger partial charge in [0.1, 0.15) is 5.02 Å². The van der Waals surface area contributed by atoms with Crippen molar-refractivity contribution in [3.05, 3.63) is 11.2 Å². The molecule has 0 fully saturated rings. The van der Waals surface area contributed by atoms with Crippen LogP contribution in [0.4, 0.5) is 11.8 Å². The number of methoxy groups -OCH3 is 1. The number of hydrogen-bond acceptors (Lipinski definition) is 5. The summed E-state index contributed by atoms with van der Waals surface area (Å²) in [7, 11) is 3.63. The van der Waals surface area contributed by atoms with Gasteiger partial charge in [-0.2, -0.15) is 4.98 Å². The van der Waals surface area contributed by atoms with E-state index < -0.39 is 0 Å². The summed E-state index contributed by atoms with van der Waals surface area (Å²) >= 11 is 6.12. The summed E-state index contributed by atoms with van der Waals surface area (Å²) in [4.78, 5) is 10.5. The molecule has 0 aliphatic carbocycles. The smallest absolute Gasteiger partial charge is 0.224 e. The number of nitrogens with one attached hydrogen (secondary N) is 1. The molecule has 18 heavy (non-hydrogen) atoms. The fraction of sp³-hybridized carbons (Fsp3) is 0.667. The highest BCUT2D eigenvalue weighted by Gasteiger charge is 2.12. The highest BCUT2D eigenvalue weighted by molar-refractivity contribution is 6.32. The van der Waals surface area contributed by atoms with E-state index in [2.05, 4.69) is 22.2 Å². The number of rotatable bonds is 7. The van der Waals surface area contributed by atoms with Crippen LogP contribution in [0.15, 0.2) is 6.20 Å². The number of halogens is 1. The molecule has 0 radical (unpaired) electrons. The molecule has 5 nitrogen and oxygen atoms in total. The Morgan fingerprint density at radius 2 is 2.28 bits per heavy atom. The number of likely N-dealkylation sites (N-methyl/N-ethyl adjacent to an activating group) is 1. The Balaban J connectivity index is 2.79. The first-order chi connectivity index (χ1) is 8.58. The van der Waals surface area contributed by atoms with Crippen molar-refractivity contribution in [3.8, 4) is 0 Å². The van der Waals surface area contributed by atoms with Gasteiger partial charge >= 0.3 is 0 Å². The summed E-state index contributed by atoms with van der Waals surface area (Å²) < 4.78 is 5.23. The van der Waals surface area contributed by atoms with Crippen LogP contribution in [0.3, 0.4) is 0 Å². The summed E-state index contributed by atoms with van der Waals surface area (Å²) in [6.45, 7) is 5.66. The van der Waals surface area contributed by atoms with Crippen LogP contribution in [0.5, 0.6) is 0 Å². The highest BCUT2D eigenvalue weighted by atomic mass is 35.5. The molecule has 0 saturated carbocycles. The Morgan fingerprint density at radius 3 is 2.89 bits per heavy atom. The lowest BCUT2D eigenvalue weighted by Crippen LogP contribution is -2.29. The molecule has 0 aliphatic heterocycles.